The van der Waals surface area contributed by atoms with Crippen LogP contribution in [0.15, 0.2) is 40.9 Å². The smallest absolute Gasteiger partial charge is 0.125 e. The van der Waals surface area contributed by atoms with Gasteiger partial charge in [-0.2, -0.15) is 0 Å². The summed E-state index contributed by atoms with van der Waals surface area (Å²) in [5, 5.41) is 0. The summed E-state index contributed by atoms with van der Waals surface area (Å²) in [6.45, 7) is 0. The molecule has 0 radical (unpaired) electrons. The molecule has 1 aliphatic carbocycles. The van der Waals surface area contributed by atoms with E-state index in [4.69, 9.17) is 14.2 Å². The summed E-state index contributed by atoms with van der Waals surface area (Å²) in [5.41, 5.74) is 3.57. The third-order valence-electron chi connectivity index (χ3n) is 5.47. The Kier molecular flexibility index (Phi) is 4.74. The molecule has 3 atom stereocenters. The van der Waals surface area contributed by atoms with Gasteiger partial charge in [0.05, 0.1) is 20.3 Å². The Morgan fingerprint density at radius 3 is 2.20 bits per heavy atom. The minimum Gasteiger partial charge on any atom is -0.496 e. The maximum absolute atomic E-state index is 6.63. The fraction of sp³-hybridized carbons (Fsp3) is 0.429. The number of benzene rings is 2. The quantitative estimate of drug-likeness (QED) is 0.667. The monoisotopic (exact) mass is 402 g/mol. The molecule has 0 aromatic heterocycles. The van der Waals surface area contributed by atoms with Crippen molar-refractivity contribution in [1.82, 2.24) is 0 Å². The Morgan fingerprint density at radius 1 is 0.880 bits per heavy atom. The zero-order valence-corrected chi connectivity index (χ0v) is 16.2. The largest absolute Gasteiger partial charge is 0.496 e. The Hall–Kier alpha value is -1.52. The van der Waals surface area contributed by atoms with Gasteiger partial charge in [0, 0.05) is 21.5 Å². The average molecular weight is 403 g/mol. The second-order valence-electron chi connectivity index (χ2n) is 6.79. The zero-order valence-electron chi connectivity index (χ0n) is 14.6. The topological polar surface area (TPSA) is 27.7 Å². The second-order valence-corrected chi connectivity index (χ2v) is 7.71. The lowest BCUT2D eigenvalue weighted by atomic mass is 9.75. The molecule has 4 rings (SSSR count). The van der Waals surface area contributed by atoms with Gasteiger partial charge < -0.3 is 14.2 Å². The first-order chi connectivity index (χ1) is 12.2. The summed E-state index contributed by atoms with van der Waals surface area (Å²) in [5.74, 6) is 2.23. The van der Waals surface area contributed by atoms with Crippen LogP contribution in [-0.4, -0.2) is 20.3 Å². The molecule has 2 aromatic carbocycles. The molecule has 25 heavy (non-hydrogen) atoms. The van der Waals surface area contributed by atoms with Gasteiger partial charge in [-0.05, 0) is 42.7 Å². The zero-order chi connectivity index (χ0) is 17.4. The highest BCUT2D eigenvalue weighted by Crippen LogP contribution is 2.52. The predicted octanol–water partition coefficient (Wildman–Crippen LogP) is 5.61. The number of rotatable bonds is 3. The van der Waals surface area contributed by atoms with Crippen LogP contribution in [0.3, 0.4) is 0 Å². The molecule has 132 valence electrons. The van der Waals surface area contributed by atoms with Gasteiger partial charge in [0.25, 0.3) is 0 Å². The lowest BCUT2D eigenvalue weighted by Gasteiger charge is -2.42. The van der Waals surface area contributed by atoms with Crippen molar-refractivity contribution in [1.29, 1.82) is 0 Å². The van der Waals surface area contributed by atoms with Crippen LogP contribution in [0.2, 0.25) is 0 Å². The first-order valence-corrected chi connectivity index (χ1v) is 9.68. The van der Waals surface area contributed by atoms with Crippen molar-refractivity contribution >= 4 is 15.9 Å². The Morgan fingerprint density at radius 2 is 1.52 bits per heavy atom. The number of hydrogen-bond donors (Lipinski definition) is 0. The number of halogens is 1. The van der Waals surface area contributed by atoms with Crippen LogP contribution in [0.5, 0.6) is 11.5 Å². The summed E-state index contributed by atoms with van der Waals surface area (Å²) < 4.78 is 19.2. The van der Waals surface area contributed by atoms with E-state index in [1.807, 2.05) is 12.1 Å². The van der Waals surface area contributed by atoms with E-state index >= 15 is 0 Å². The standard InChI is InChI=1S/C21H23BrO3/c1-23-17-11-12-18(24-2)20-19(17)15-5-3-4-6-16(15)25-21(20)13-7-9-14(22)10-8-13/h7-12,15-16,21H,3-6H2,1-2H3/t15-,16-,21-/m1/s1. The van der Waals surface area contributed by atoms with Crippen LogP contribution >= 0.6 is 15.9 Å². The van der Waals surface area contributed by atoms with Crippen molar-refractivity contribution in [2.24, 2.45) is 0 Å². The first kappa shape index (κ1) is 16.9. The summed E-state index contributed by atoms with van der Waals surface area (Å²) >= 11 is 3.52. The number of methoxy groups -OCH3 is 2. The van der Waals surface area contributed by atoms with Gasteiger partial charge in [0.1, 0.15) is 17.6 Å². The van der Waals surface area contributed by atoms with Crippen molar-refractivity contribution in [3.05, 3.63) is 57.6 Å². The summed E-state index contributed by atoms with van der Waals surface area (Å²) in [6, 6.07) is 12.4. The van der Waals surface area contributed by atoms with E-state index in [1.165, 1.54) is 18.4 Å². The number of fused-ring (bicyclic) bond motifs is 3. The normalized spacial score (nSPS) is 25.0. The minimum absolute atomic E-state index is 0.118. The van der Waals surface area contributed by atoms with Crippen LogP contribution in [-0.2, 0) is 4.74 Å². The van der Waals surface area contributed by atoms with Gasteiger partial charge >= 0.3 is 0 Å². The molecule has 4 heteroatoms. The van der Waals surface area contributed by atoms with Crippen LogP contribution in [0, 0.1) is 0 Å². The molecule has 1 aliphatic heterocycles. The van der Waals surface area contributed by atoms with E-state index in [0.717, 1.165) is 39.9 Å². The third-order valence-corrected chi connectivity index (χ3v) is 5.99. The Labute approximate surface area is 157 Å². The lowest BCUT2D eigenvalue weighted by molar-refractivity contribution is -0.0406. The van der Waals surface area contributed by atoms with Crippen LogP contribution in [0.25, 0.3) is 0 Å². The van der Waals surface area contributed by atoms with E-state index in [1.54, 1.807) is 14.2 Å². The van der Waals surface area contributed by atoms with E-state index in [0.29, 0.717) is 5.92 Å². The van der Waals surface area contributed by atoms with Gasteiger partial charge in [-0.15, -0.1) is 0 Å². The van der Waals surface area contributed by atoms with Gasteiger partial charge in [0.15, 0.2) is 0 Å². The number of ether oxygens (including phenoxy) is 3. The van der Waals surface area contributed by atoms with E-state index in [9.17, 15) is 0 Å². The van der Waals surface area contributed by atoms with E-state index < -0.39 is 0 Å². The highest BCUT2D eigenvalue weighted by Gasteiger charge is 2.41. The van der Waals surface area contributed by atoms with Crippen LogP contribution < -0.4 is 9.47 Å². The van der Waals surface area contributed by atoms with Gasteiger partial charge in [-0.3, -0.25) is 0 Å². The predicted molar refractivity (Wildman–Crippen MR) is 102 cm³/mol. The molecule has 0 spiro atoms. The molecule has 0 amide bonds. The molecule has 2 aromatic rings. The third kappa shape index (κ3) is 2.96. The Balaban J connectivity index is 1.91. The van der Waals surface area contributed by atoms with E-state index in [2.05, 4.69) is 40.2 Å². The van der Waals surface area contributed by atoms with Crippen molar-refractivity contribution in [3.63, 3.8) is 0 Å². The first-order valence-electron chi connectivity index (χ1n) is 8.88. The average Bonchev–Trinajstić information content (AvgIpc) is 2.67. The second kappa shape index (κ2) is 7.00. The fourth-order valence-corrected chi connectivity index (χ4v) is 4.59. The van der Waals surface area contributed by atoms with Gasteiger partial charge in [0.2, 0.25) is 0 Å². The highest BCUT2D eigenvalue weighted by atomic mass is 79.9. The summed E-state index contributed by atoms with van der Waals surface area (Å²) in [4.78, 5) is 0. The van der Waals surface area contributed by atoms with Crippen molar-refractivity contribution in [3.8, 4) is 11.5 Å². The molecule has 1 fully saturated rings. The molecule has 3 nitrogen and oxygen atoms in total. The lowest BCUT2D eigenvalue weighted by Crippen LogP contribution is -2.34. The van der Waals surface area contributed by atoms with Crippen molar-refractivity contribution in [2.75, 3.05) is 14.2 Å². The Bertz CT molecular complexity index is 756. The highest BCUT2D eigenvalue weighted by molar-refractivity contribution is 9.10. The summed E-state index contributed by atoms with van der Waals surface area (Å²) in [7, 11) is 3.48. The molecule has 0 N–H and O–H groups in total. The maximum atomic E-state index is 6.63. The van der Waals surface area contributed by atoms with Gasteiger partial charge in [-0.25, -0.2) is 0 Å². The van der Waals surface area contributed by atoms with E-state index in [-0.39, 0.29) is 12.2 Å². The van der Waals surface area contributed by atoms with Gasteiger partial charge in [-0.1, -0.05) is 40.9 Å². The molecule has 1 heterocycles. The maximum Gasteiger partial charge on any atom is 0.125 e. The minimum atomic E-state index is -0.118. The van der Waals surface area contributed by atoms with Crippen molar-refractivity contribution in [2.45, 2.75) is 43.8 Å². The van der Waals surface area contributed by atoms with Crippen molar-refractivity contribution < 1.29 is 14.2 Å². The molecule has 0 unspecified atom stereocenters. The molecule has 0 bridgehead atoms. The molecular formula is C21H23BrO3. The van der Waals surface area contributed by atoms with Crippen LogP contribution in [0.1, 0.15) is 54.4 Å². The molecular weight excluding hydrogens is 380 g/mol. The fourth-order valence-electron chi connectivity index (χ4n) is 4.32. The van der Waals surface area contributed by atoms with Crippen LogP contribution in [0.4, 0.5) is 0 Å². The molecule has 2 aliphatic rings. The molecule has 1 saturated carbocycles. The summed E-state index contributed by atoms with van der Waals surface area (Å²) in [6.07, 6.45) is 4.86. The molecule has 0 saturated heterocycles. The number of hydrogen-bond acceptors (Lipinski definition) is 3. The SMILES string of the molecule is COc1ccc(OC)c2c1[C@@H](c1ccc(Br)cc1)O[C@@H]1CCCC[C@@H]21.